The summed E-state index contributed by atoms with van der Waals surface area (Å²) in [4.78, 5) is 11.3. The maximum absolute atomic E-state index is 11.3. The third kappa shape index (κ3) is 1.66. The summed E-state index contributed by atoms with van der Waals surface area (Å²) in [7, 11) is 1.51. The van der Waals surface area contributed by atoms with E-state index in [1.165, 1.54) is 7.05 Å². The molecule has 0 heterocycles. The summed E-state index contributed by atoms with van der Waals surface area (Å²) >= 11 is 0. The van der Waals surface area contributed by atoms with Gasteiger partial charge in [0.15, 0.2) is 5.84 Å². The number of nitrogens with zero attached hydrogens (tertiary/aromatic N) is 1. The Morgan fingerprint density at radius 1 is 1.75 bits per heavy atom. The molecule has 0 aliphatic carbocycles. The van der Waals surface area contributed by atoms with Crippen LogP contribution in [0.4, 0.5) is 0 Å². The Hall–Kier alpha value is -1.26. The van der Waals surface area contributed by atoms with Crippen LogP contribution in [0.25, 0.3) is 0 Å². The van der Waals surface area contributed by atoms with Gasteiger partial charge in [0, 0.05) is 7.05 Å². The van der Waals surface area contributed by atoms with E-state index < -0.39 is 5.41 Å². The minimum absolute atomic E-state index is 0.0654. The van der Waals surface area contributed by atoms with Crippen LogP contribution in [0.1, 0.15) is 20.3 Å². The van der Waals surface area contributed by atoms with Gasteiger partial charge in [-0.2, -0.15) is 0 Å². The number of carbonyl (C=O) groups is 1. The molecule has 0 radical (unpaired) electrons. The molecule has 1 atom stereocenters. The van der Waals surface area contributed by atoms with Crippen LogP contribution in [0.15, 0.2) is 5.16 Å². The Morgan fingerprint density at radius 2 is 2.25 bits per heavy atom. The molecule has 0 fully saturated rings. The lowest BCUT2D eigenvalue weighted by atomic mass is 9.85. The summed E-state index contributed by atoms with van der Waals surface area (Å²) in [5, 5.41) is 13.7. The zero-order chi connectivity index (χ0) is 9.78. The van der Waals surface area contributed by atoms with Crippen LogP contribution in [-0.4, -0.2) is 24.0 Å². The zero-order valence-corrected chi connectivity index (χ0v) is 7.59. The largest absolute Gasteiger partial charge is 0.409 e. The van der Waals surface area contributed by atoms with E-state index >= 15 is 0 Å². The van der Waals surface area contributed by atoms with Crippen LogP contribution in [0.2, 0.25) is 0 Å². The van der Waals surface area contributed by atoms with E-state index in [4.69, 9.17) is 10.9 Å². The van der Waals surface area contributed by atoms with E-state index in [1.807, 2.05) is 0 Å². The standard InChI is InChI=1S/C7H15N3O2/c1-4-7(2,5(8)10-12)6(11)9-3/h12H,4H2,1-3H3,(H2,8,10)(H,9,11). The van der Waals surface area contributed by atoms with Gasteiger partial charge in [0.05, 0.1) is 0 Å². The predicted molar refractivity (Wildman–Crippen MR) is 45.9 cm³/mol. The molecule has 0 saturated heterocycles. The molecule has 5 nitrogen and oxygen atoms in total. The second kappa shape index (κ2) is 3.94. The molecule has 0 aromatic heterocycles. The number of nitrogens with two attached hydrogens (primary N) is 1. The van der Waals surface area contributed by atoms with Crippen molar-refractivity contribution in [1.29, 1.82) is 0 Å². The van der Waals surface area contributed by atoms with Gasteiger partial charge < -0.3 is 16.3 Å². The molecule has 5 heteroatoms. The number of hydrogen-bond acceptors (Lipinski definition) is 3. The highest BCUT2D eigenvalue weighted by atomic mass is 16.4. The van der Waals surface area contributed by atoms with Gasteiger partial charge in [-0.15, -0.1) is 0 Å². The molecule has 0 saturated carbocycles. The van der Waals surface area contributed by atoms with Crippen LogP contribution in [0, 0.1) is 5.41 Å². The summed E-state index contributed by atoms with van der Waals surface area (Å²) in [5.41, 5.74) is 4.46. The van der Waals surface area contributed by atoms with Crippen LogP contribution in [0.3, 0.4) is 0 Å². The molecular weight excluding hydrogens is 158 g/mol. The summed E-state index contributed by atoms with van der Waals surface area (Å²) in [6.45, 7) is 3.42. The summed E-state index contributed by atoms with van der Waals surface area (Å²) in [6, 6.07) is 0. The average Bonchev–Trinajstić information content (AvgIpc) is 2.13. The van der Waals surface area contributed by atoms with E-state index in [2.05, 4.69) is 10.5 Å². The van der Waals surface area contributed by atoms with E-state index in [9.17, 15) is 4.79 Å². The Balaban J connectivity index is 4.79. The van der Waals surface area contributed by atoms with Gasteiger partial charge in [0.25, 0.3) is 0 Å². The first-order chi connectivity index (χ1) is 5.52. The molecule has 70 valence electrons. The van der Waals surface area contributed by atoms with E-state index in [0.717, 1.165) is 0 Å². The normalized spacial score (nSPS) is 16.8. The van der Waals surface area contributed by atoms with Crippen LogP contribution in [0.5, 0.6) is 0 Å². The average molecular weight is 173 g/mol. The number of amides is 1. The Morgan fingerprint density at radius 3 is 2.50 bits per heavy atom. The predicted octanol–water partition coefficient (Wildman–Crippen LogP) is -0.105. The highest BCUT2D eigenvalue weighted by Crippen LogP contribution is 2.20. The van der Waals surface area contributed by atoms with Gasteiger partial charge in [0.1, 0.15) is 5.41 Å². The highest BCUT2D eigenvalue weighted by molar-refractivity contribution is 6.06. The summed E-state index contributed by atoms with van der Waals surface area (Å²) < 4.78 is 0. The third-order valence-corrected chi connectivity index (χ3v) is 2.11. The van der Waals surface area contributed by atoms with Crippen molar-refractivity contribution >= 4 is 11.7 Å². The van der Waals surface area contributed by atoms with Crippen molar-refractivity contribution < 1.29 is 10.0 Å². The van der Waals surface area contributed by atoms with E-state index in [-0.39, 0.29) is 11.7 Å². The Bertz CT molecular complexity index is 203. The van der Waals surface area contributed by atoms with E-state index in [0.29, 0.717) is 6.42 Å². The molecule has 1 amide bonds. The minimum atomic E-state index is -0.913. The van der Waals surface area contributed by atoms with Crippen molar-refractivity contribution in [1.82, 2.24) is 5.32 Å². The van der Waals surface area contributed by atoms with Gasteiger partial charge >= 0.3 is 0 Å². The van der Waals surface area contributed by atoms with Gasteiger partial charge in [-0.1, -0.05) is 12.1 Å². The molecule has 0 bridgehead atoms. The summed E-state index contributed by atoms with van der Waals surface area (Å²) in [6.07, 6.45) is 0.489. The molecule has 4 N–H and O–H groups in total. The third-order valence-electron chi connectivity index (χ3n) is 2.11. The molecular formula is C7H15N3O2. The lowest BCUT2D eigenvalue weighted by Gasteiger charge is -2.23. The van der Waals surface area contributed by atoms with Gasteiger partial charge in [-0.05, 0) is 13.3 Å². The fourth-order valence-corrected chi connectivity index (χ4v) is 0.844. The fourth-order valence-electron chi connectivity index (χ4n) is 0.844. The van der Waals surface area contributed by atoms with Crippen LogP contribution < -0.4 is 11.1 Å². The SMILES string of the molecule is CCC(C)(C(=O)NC)C(N)=NO. The monoisotopic (exact) mass is 173 g/mol. The fraction of sp³-hybridized carbons (Fsp3) is 0.714. The maximum Gasteiger partial charge on any atom is 0.233 e. The number of rotatable bonds is 3. The van der Waals surface area contributed by atoms with Gasteiger partial charge in [-0.25, -0.2) is 0 Å². The molecule has 12 heavy (non-hydrogen) atoms. The van der Waals surface area contributed by atoms with Gasteiger partial charge in [-0.3, -0.25) is 4.79 Å². The van der Waals surface area contributed by atoms with Crippen molar-refractivity contribution in [3.63, 3.8) is 0 Å². The number of nitrogens with one attached hydrogen (secondary N) is 1. The first kappa shape index (κ1) is 10.7. The highest BCUT2D eigenvalue weighted by Gasteiger charge is 2.35. The molecule has 0 spiro atoms. The topological polar surface area (TPSA) is 87.7 Å². The lowest BCUT2D eigenvalue weighted by Crippen LogP contribution is -2.46. The first-order valence-electron chi connectivity index (χ1n) is 3.73. The lowest BCUT2D eigenvalue weighted by molar-refractivity contribution is -0.126. The number of oxime groups is 1. The number of hydrogen-bond donors (Lipinski definition) is 3. The molecule has 0 aromatic carbocycles. The number of carbonyl (C=O) groups excluding carboxylic acids is 1. The van der Waals surface area contributed by atoms with Crippen molar-refractivity contribution in [2.45, 2.75) is 20.3 Å². The van der Waals surface area contributed by atoms with Crippen LogP contribution >= 0.6 is 0 Å². The molecule has 0 aromatic rings. The van der Waals surface area contributed by atoms with Crippen molar-refractivity contribution in [3.05, 3.63) is 0 Å². The van der Waals surface area contributed by atoms with Crippen molar-refractivity contribution in [2.75, 3.05) is 7.05 Å². The molecule has 0 aliphatic rings. The molecule has 0 rings (SSSR count). The smallest absolute Gasteiger partial charge is 0.233 e. The van der Waals surface area contributed by atoms with Crippen molar-refractivity contribution in [3.8, 4) is 0 Å². The quantitative estimate of drug-likeness (QED) is 0.241. The maximum atomic E-state index is 11.3. The zero-order valence-electron chi connectivity index (χ0n) is 7.59. The Kier molecular flexibility index (Phi) is 3.53. The minimum Gasteiger partial charge on any atom is -0.409 e. The van der Waals surface area contributed by atoms with Gasteiger partial charge in [0.2, 0.25) is 5.91 Å². The molecule has 1 unspecified atom stereocenters. The first-order valence-corrected chi connectivity index (χ1v) is 3.73. The second-order valence-electron chi connectivity index (χ2n) is 2.75. The second-order valence-corrected chi connectivity index (χ2v) is 2.75. The van der Waals surface area contributed by atoms with Crippen LogP contribution in [-0.2, 0) is 4.79 Å². The number of amidine groups is 1. The molecule has 0 aliphatic heterocycles. The summed E-state index contributed by atoms with van der Waals surface area (Å²) in [5.74, 6) is -0.315. The Labute approximate surface area is 71.6 Å². The van der Waals surface area contributed by atoms with E-state index in [1.54, 1.807) is 13.8 Å². The van der Waals surface area contributed by atoms with Crippen molar-refractivity contribution in [2.24, 2.45) is 16.3 Å².